The van der Waals surface area contributed by atoms with E-state index in [1.54, 1.807) is 0 Å². The van der Waals surface area contributed by atoms with Crippen molar-refractivity contribution in [3.63, 3.8) is 0 Å². The van der Waals surface area contributed by atoms with Crippen molar-refractivity contribution in [3.8, 4) is 0 Å². The number of aliphatic hydroxyl groups excluding tert-OH is 1. The minimum atomic E-state index is -2.08. The van der Waals surface area contributed by atoms with Crippen LogP contribution >= 0.6 is 0 Å². The number of fused-ring (bicyclic) bond motifs is 2. The highest BCUT2D eigenvalue weighted by atomic mass is 16.6. The second kappa shape index (κ2) is 5.60. The molecular weight excluding hydrogens is 388 g/mol. The van der Waals surface area contributed by atoms with Gasteiger partial charge in [0, 0.05) is 12.3 Å². The number of ether oxygens (including phenoxy) is 1. The average Bonchev–Trinajstić information content (AvgIpc) is 2.96. The van der Waals surface area contributed by atoms with Gasteiger partial charge in [-0.25, -0.2) is 9.78 Å². The van der Waals surface area contributed by atoms with Gasteiger partial charge >= 0.3 is 5.97 Å². The predicted octanol–water partition coefficient (Wildman–Crippen LogP) is -1.79. The average molecular weight is 408 g/mol. The van der Waals surface area contributed by atoms with Crippen LogP contribution in [0.15, 0.2) is 6.33 Å². The number of hydrogen-bond acceptors (Lipinski definition) is 10. The van der Waals surface area contributed by atoms with Gasteiger partial charge < -0.3 is 30.9 Å². The first-order chi connectivity index (χ1) is 13.4. The molecule has 1 aliphatic carbocycles. The Labute approximate surface area is 163 Å². The van der Waals surface area contributed by atoms with Gasteiger partial charge in [-0.3, -0.25) is 14.7 Å². The molecule has 29 heavy (non-hydrogen) atoms. The van der Waals surface area contributed by atoms with Crippen LogP contribution in [0.1, 0.15) is 27.0 Å². The maximum absolute atomic E-state index is 11.3. The number of carbonyl (C=O) groups is 2. The molecule has 1 amide bonds. The normalized spacial score (nSPS) is 33.3. The summed E-state index contributed by atoms with van der Waals surface area (Å²) >= 11 is 0. The SMILES string of the molecule is CC(=O)Nc1nc(N)c2ncn([C@@H]3O[C@H](C(O)C(=O)O)[C@@]4(O)C(C)(C)[C@@]34O)c2n1. The van der Waals surface area contributed by atoms with E-state index in [1.165, 1.54) is 31.7 Å². The van der Waals surface area contributed by atoms with Crippen molar-refractivity contribution in [1.29, 1.82) is 0 Å². The second-order valence-electron chi connectivity index (χ2n) is 7.79. The first-order valence-corrected chi connectivity index (χ1v) is 8.66. The van der Waals surface area contributed by atoms with Gasteiger partial charge in [0.15, 0.2) is 23.8 Å². The van der Waals surface area contributed by atoms with E-state index in [2.05, 4.69) is 20.3 Å². The number of amides is 1. The second-order valence-corrected chi connectivity index (χ2v) is 7.79. The zero-order valence-electron chi connectivity index (χ0n) is 15.7. The third-order valence-corrected chi connectivity index (χ3v) is 6.00. The van der Waals surface area contributed by atoms with E-state index in [-0.39, 0.29) is 22.9 Å². The molecule has 5 atom stereocenters. The van der Waals surface area contributed by atoms with Gasteiger partial charge in [0.05, 0.1) is 6.33 Å². The third kappa shape index (κ3) is 2.15. The van der Waals surface area contributed by atoms with E-state index in [0.717, 1.165) is 0 Å². The van der Waals surface area contributed by atoms with Crippen molar-refractivity contribution in [2.45, 2.75) is 50.4 Å². The number of aliphatic hydroxyl groups is 3. The lowest BCUT2D eigenvalue weighted by molar-refractivity contribution is -0.174. The summed E-state index contributed by atoms with van der Waals surface area (Å²) in [6, 6.07) is 0. The van der Waals surface area contributed by atoms with E-state index in [4.69, 9.17) is 10.5 Å². The van der Waals surface area contributed by atoms with Gasteiger partial charge in [-0.2, -0.15) is 9.97 Å². The van der Waals surface area contributed by atoms with Crippen LogP contribution in [0.2, 0.25) is 0 Å². The largest absolute Gasteiger partial charge is 0.479 e. The number of carboxylic acids is 1. The Kier molecular flexibility index (Phi) is 3.75. The fourth-order valence-corrected chi connectivity index (χ4v) is 4.32. The van der Waals surface area contributed by atoms with Crippen molar-refractivity contribution < 1.29 is 34.8 Å². The molecule has 0 radical (unpaired) electrons. The molecule has 0 bridgehead atoms. The van der Waals surface area contributed by atoms with Gasteiger partial charge in [0.25, 0.3) is 0 Å². The van der Waals surface area contributed by atoms with Crippen molar-refractivity contribution in [2.75, 3.05) is 11.1 Å². The van der Waals surface area contributed by atoms with Crippen LogP contribution in [0.3, 0.4) is 0 Å². The number of nitrogens with two attached hydrogens (primary N) is 1. The minimum absolute atomic E-state index is 0.0464. The molecule has 1 saturated heterocycles. The lowest BCUT2D eigenvalue weighted by atomic mass is 9.97. The zero-order valence-corrected chi connectivity index (χ0v) is 15.7. The summed E-state index contributed by atoms with van der Waals surface area (Å²) in [5.74, 6) is -2.20. The maximum atomic E-state index is 11.3. The van der Waals surface area contributed by atoms with E-state index < -0.39 is 46.9 Å². The van der Waals surface area contributed by atoms with Crippen molar-refractivity contribution in [2.24, 2.45) is 5.41 Å². The molecule has 3 heterocycles. The molecule has 0 aromatic carbocycles. The fourth-order valence-electron chi connectivity index (χ4n) is 4.32. The Morgan fingerprint density at radius 1 is 1.31 bits per heavy atom. The molecule has 2 aromatic rings. The summed E-state index contributed by atoms with van der Waals surface area (Å²) in [4.78, 5) is 34.8. The summed E-state index contributed by atoms with van der Waals surface area (Å²) in [5.41, 5.74) is 0.874. The summed E-state index contributed by atoms with van der Waals surface area (Å²) in [6.07, 6.45) is -3.80. The van der Waals surface area contributed by atoms with Gasteiger partial charge in [0.2, 0.25) is 11.9 Å². The number of anilines is 2. The first-order valence-electron chi connectivity index (χ1n) is 8.66. The zero-order chi connectivity index (χ0) is 21.5. The molecule has 4 rings (SSSR count). The Hall–Kier alpha value is -2.87. The molecule has 1 unspecified atom stereocenters. The highest BCUT2D eigenvalue weighted by molar-refractivity contribution is 5.89. The number of nitrogens with one attached hydrogen (secondary N) is 1. The molecule has 156 valence electrons. The third-order valence-electron chi connectivity index (χ3n) is 6.00. The molecule has 1 saturated carbocycles. The summed E-state index contributed by atoms with van der Waals surface area (Å²) in [7, 11) is 0. The van der Waals surface area contributed by atoms with Crippen molar-refractivity contribution >= 4 is 34.8 Å². The van der Waals surface area contributed by atoms with Crippen LogP contribution in [-0.4, -0.2) is 75.2 Å². The van der Waals surface area contributed by atoms with Crippen LogP contribution in [0.5, 0.6) is 0 Å². The topological polar surface area (TPSA) is 206 Å². The Bertz CT molecular complexity index is 1050. The van der Waals surface area contributed by atoms with Crippen LogP contribution < -0.4 is 11.1 Å². The number of rotatable bonds is 4. The van der Waals surface area contributed by atoms with Gasteiger partial charge in [-0.15, -0.1) is 0 Å². The Morgan fingerprint density at radius 2 is 1.97 bits per heavy atom. The number of imidazole rings is 1. The fraction of sp³-hybridized carbons (Fsp3) is 0.562. The highest BCUT2D eigenvalue weighted by Gasteiger charge is 2.93. The molecule has 7 N–H and O–H groups in total. The van der Waals surface area contributed by atoms with E-state index in [1.807, 2.05) is 0 Å². The van der Waals surface area contributed by atoms with Gasteiger partial charge in [0.1, 0.15) is 22.8 Å². The molecule has 13 heteroatoms. The Morgan fingerprint density at radius 3 is 2.55 bits per heavy atom. The number of aliphatic carboxylic acids is 1. The highest BCUT2D eigenvalue weighted by Crippen LogP contribution is 2.75. The smallest absolute Gasteiger partial charge is 0.335 e. The molecular formula is C16H20N6O7. The predicted molar refractivity (Wildman–Crippen MR) is 95.3 cm³/mol. The van der Waals surface area contributed by atoms with Gasteiger partial charge in [-0.05, 0) is 0 Å². The van der Waals surface area contributed by atoms with Crippen LogP contribution in [-0.2, 0) is 14.3 Å². The minimum Gasteiger partial charge on any atom is -0.479 e. The Balaban J connectivity index is 1.85. The number of aromatic nitrogens is 4. The quantitative estimate of drug-likeness (QED) is 0.333. The number of nitrogens with zero attached hydrogens (tertiary/aromatic N) is 4. The van der Waals surface area contributed by atoms with Crippen LogP contribution in [0.25, 0.3) is 11.2 Å². The van der Waals surface area contributed by atoms with E-state index >= 15 is 0 Å². The monoisotopic (exact) mass is 408 g/mol. The molecule has 0 spiro atoms. The van der Waals surface area contributed by atoms with E-state index in [0.29, 0.717) is 0 Å². The lowest BCUT2D eigenvalue weighted by Crippen LogP contribution is -2.46. The maximum Gasteiger partial charge on any atom is 0.335 e. The van der Waals surface area contributed by atoms with Crippen molar-refractivity contribution in [1.82, 2.24) is 19.5 Å². The number of hydrogen-bond donors (Lipinski definition) is 6. The molecule has 2 fully saturated rings. The number of carboxylic acid groups (broad SMARTS) is 1. The lowest BCUT2D eigenvalue weighted by Gasteiger charge is -2.28. The molecule has 1 aliphatic heterocycles. The molecule has 2 aliphatic rings. The summed E-state index contributed by atoms with van der Waals surface area (Å²) in [5, 5.41) is 43.9. The van der Waals surface area contributed by atoms with Crippen LogP contribution in [0, 0.1) is 5.41 Å². The van der Waals surface area contributed by atoms with Crippen LogP contribution in [0.4, 0.5) is 11.8 Å². The standard InChI is InChI=1S/C16H20N6O7/c1-5(23)19-13-20-9(17)6-10(21-13)22(4-18-6)12-16(28)14(2,3)15(16,27)8(29-12)7(24)11(25)26/h4,7-8,12,24,27-28H,1-3H3,(H,25,26)(H3,17,19,20,21,23)/t7?,8-,12-,15-,16+/m1/s1. The number of nitrogen functional groups attached to an aromatic ring is 1. The summed E-state index contributed by atoms with van der Waals surface area (Å²) in [6.45, 7) is 4.30. The number of carbonyl (C=O) groups excluding carboxylic acids is 1. The summed E-state index contributed by atoms with van der Waals surface area (Å²) < 4.78 is 6.86. The van der Waals surface area contributed by atoms with Crippen molar-refractivity contribution in [3.05, 3.63) is 6.33 Å². The first kappa shape index (κ1) is 19.4. The molecule has 2 aromatic heterocycles. The molecule has 13 nitrogen and oxygen atoms in total. The van der Waals surface area contributed by atoms with Gasteiger partial charge in [-0.1, -0.05) is 13.8 Å². The van der Waals surface area contributed by atoms with E-state index in [9.17, 15) is 30.0 Å².